The Balaban J connectivity index is 1.56. The van der Waals surface area contributed by atoms with Crippen LogP contribution in [0.2, 0.25) is 0 Å². The third-order valence-corrected chi connectivity index (χ3v) is 5.83. The van der Waals surface area contributed by atoms with Crippen molar-refractivity contribution in [3.8, 4) is 0 Å². The second-order valence-electron chi connectivity index (χ2n) is 7.64. The Morgan fingerprint density at radius 2 is 1.71 bits per heavy atom. The number of hydrogen-bond acceptors (Lipinski definition) is 4. The van der Waals surface area contributed by atoms with Crippen molar-refractivity contribution in [1.82, 2.24) is 9.80 Å². The fourth-order valence-electron chi connectivity index (χ4n) is 4.20. The van der Waals surface area contributed by atoms with E-state index in [2.05, 4.69) is 0 Å². The first-order chi connectivity index (χ1) is 13.5. The molecule has 1 aromatic carbocycles. The van der Waals surface area contributed by atoms with Crippen molar-refractivity contribution in [2.75, 3.05) is 39.9 Å². The van der Waals surface area contributed by atoms with Crippen molar-refractivity contribution in [3.63, 3.8) is 0 Å². The molecular weight excluding hydrogens is 360 g/mol. The summed E-state index contributed by atoms with van der Waals surface area (Å²) in [5.74, 6) is -0.548. The number of hydrogen-bond donors (Lipinski definition) is 1. The first-order valence-corrected chi connectivity index (χ1v) is 9.88. The van der Waals surface area contributed by atoms with E-state index in [1.165, 1.54) is 7.11 Å². The maximum atomic E-state index is 13.0. The number of nitrogens with zero attached hydrogens (tertiary/aromatic N) is 2. The molecule has 0 aromatic heterocycles. The van der Waals surface area contributed by atoms with Gasteiger partial charge in [-0.05, 0) is 43.4 Å². The summed E-state index contributed by atoms with van der Waals surface area (Å²) in [7, 11) is 1.51. The summed E-state index contributed by atoms with van der Waals surface area (Å²) in [4.78, 5) is 39.7. The Bertz CT molecular complexity index is 710. The highest BCUT2D eigenvalue weighted by molar-refractivity contribution is 5.87. The van der Waals surface area contributed by atoms with E-state index in [4.69, 9.17) is 9.84 Å². The Kier molecular flexibility index (Phi) is 6.67. The van der Waals surface area contributed by atoms with Crippen molar-refractivity contribution in [1.29, 1.82) is 0 Å². The number of carboxylic acid groups (broad SMARTS) is 1. The summed E-state index contributed by atoms with van der Waals surface area (Å²) in [6, 6.07) is 6.99. The van der Waals surface area contributed by atoms with Crippen LogP contribution in [-0.2, 0) is 14.3 Å². The second kappa shape index (κ2) is 9.19. The zero-order valence-electron chi connectivity index (χ0n) is 16.3. The maximum absolute atomic E-state index is 13.0. The van der Waals surface area contributed by atoms with Crippen LogP contribution in [0.25, 0.3) is 0 Å². The Morgan fingerprint density at radius 1 is 1.04 bits per heavy atom. The highest BCUT2D eigenvalue weighted by atomic mass is 16.5. The Morgan fingerprint density at radius 3 is 2.32 bits per heavy atom. The van der Waals surface area contributed by atoms with Crippen LogP contribution in [0.1, 0.15) is 47.5 Å². The molecular formula is C21H28N2O5. The average Bonchev–Trinajstić information content (AvgIpc) is 2.73. The molecule has 2 aliphatic heterocycles. The molecule has 2 aliphatic rings. The van der Waals surface area contributed by atoms with Gasteiger partial charge >= 0.3 is 5.97 Å². The van der Waals surface area contributed by atoms with Crippen LogP contribution in [0.5, 0.6) is 0 Å². The van der Waals surface area contributed by atoms with Gasteiger partial charge in [0.1, 0.15) is 6.61 Å². The number of amides is 2. The van der Waals surface area contributed by atoms with Crippen molar-refractivity contribution in [3.05, 3.63) is 35.4 Å². The summed E-state index contributed by atoms with van der Waals surface area (Å²) >= 11 is 0. The Labute approximate surface area is 165 Å². The molecule has 7 heteroatoms. The van der Waals surface area contributed by atoms with Crippen molar-refractivity contribution in [2.24, 2.45) is 5.92 Å². The van der Waals surface area contributed by atoms with E-state index in [9.17, 15) is 14.4 Å². The highest BCUT2D eigenvalue weighted by Crippen LogP contribution is 2.29. The minimum absolute atomic E-state index is 0.0174. The van der Waals surface area contributed by atoms with Crippen molar-refractivity contribution >= 4 is 17.8 Å². The SMILES string of the molecule is COCC(=O)N1CCC(C(=O)N2CCCC(c3ccc(C(=O)O)cc3)C2)CC1. The molecule has 2 amide bonds. The normalized spacial score (nSPS) is 20.8. The van der Waals surface area contributed by atoms with Gasteiger partial charge < -0.3 is 19.6 Å². The average molecular weight is 388 g/mol. The van der Waals surface area contributed by atoms with Crippen molar-refractivity contribution < 1.29 is 24.2 Å². The molecule has 1 aromatic rings. The number of likely N-dealkylation sites (tertiary alicyclic amines) is 2. The lowest BCUT2D eigenvalue weighted by Gasteiger charge is -2.38. The van der Waals surface area contributed by atoms with Gasteiger partial charge in [0.2, 0.25) is 11.8 Å². The van der Waals surface area contributed by atoms with Crippen LogP contribution >= 0.6 is 0 Å². The molecule has 1 unspecified atom stereocenters. The highest BCUT2D eigenvalue weighted by Gasteiger charge is 2.32. The molecule has 0 spiro atoms. The number of rotatable bonds is 5. The van der Waals surface area contributed by atoms with Gasteiger partial charge in [-0.25, -0.2) is 4.79 Å². The number of carbonyl (C=O) groups excluding carboxylic acids is 2. The molecule has 0 radical (unpaired) electrons. The second-order valence-corrected chi connectivity index (χ2v) is 7.64. The molecule has 3 rings (SSSR count). The smallest absolute Gasteiger partial charge is 0.335 e. The van der Waals surface area contributed by atoms with Crippen LogP contribution in [0.4, 0.5) is 0 Å². The van der Waals surface area contributed by atoms with E-state index in [0.717, 1.165) is 24.9 Å². The quantitative estimate of drug-likeness (QED) is 0.833. The summed E-state index contributed by atoms with van der Waals surface area (Å²) in [6.07, 6.45) is 3.34. The number of carbonyl (C=O) groups is 3. The fourth-order valence-corrected chi connectivity index (χ4v) is 4.20. The predicted octanol–water partition coefficient (Wildman–Crippen LogP) is 1.98. The maximum Gasteiger partial charge on any atom is 0.335 e. The van der Waals surface area contributed by atoms with E-state index >= 15 is 0 Å². The fraction of sp³-hybridized carbons (Fsp3) is 0.571. The monoisotopic (exact) mass is 388 g/mol. The van der Waals surface area contributed by atoms with Gasteiger partial charge in [-0.1, -0.05) is 12.1 Å². The van der Waals surface area contributed by atoms with Crippen LogP contribution < -0.4 is 0 Å². The lowest BCUT2D eigenvalue weighted by atomic mass is 9.88. The number of carboxylic acids is 1. The summed E-state index contributed by atoms with van der Waals surface area (Å²) < 4.78 is 4.90. The van der Waals surface area contributed by atoms with Gasteiger partial charge in [-0.15, -0.1) is 0 Å². The summed E-state index contributed by atoms with van der Waals surface area (Å²) in [6.45, 7) is 2.74. The zero-order chi connectivity index (χ0) is 20.1. The topological polar surface area (TPSA) is 87.2 Å². The Hall–Kier alpha value is -2.41. The summed E-state index contributed by atoms with van der Waals surface area (Å²) in [5.41, 5.74) is 1.37. The van der Waals surface area contributed by atoms with E-state index in [-0.39, 0.29) is 35.8 Å². The molecule has 1 atom stereocenters. The lowest BCUT2D eigenvalue weighted by molar-refractivity contribution is -0.143. The molecule has 28 heavy (non-hydrogen) atoms. The number of benzene rings is 1. The van der Waals surface area contributed by atoms with Gasteiger partial charge in [0, 0.05) is 45.1 Å². The molecule has 0 bridgehead atoms. The van der Waals surface area contributed by atoms with Crippen LogP contribution in [0.15, 0.2) is 24.3 Å². The molecule has 7 nitrogen and oxygen atoms in total. The molecule has 2 saturated heterocycles. The van der Waals surface area contributed by atoms with E-state index in [1.54, 1.807) is 17.0 Å². The molecule has 2 fully saturated rings. The predicted molar refractivity (Wildman–Crippen MR) is 103 cm³/mol. The number of aromatic carboxylic acids is 1. The van der Waals surface area contributed by atoms with Gasteiger partial charge in [-0.2, -0.15) is 0 Å². The van der Waals surface area contributed by atoms with E-state index in [0.29, 0.717) is 32.5 Å². The van der Waals surface area contributed by atoms with Crippen molar-refractivity contribution in [2.45, 2.75) is 31.6 Å². The van der Waals surface area contributed by atoms with Crippen LogP contribution in [0.3, 0.4) is 0 Å². The molecule has 0 saturated carbocycles. The number of piperidine rings is 2. The standard InChI is InChI=1S/C21H28N2O5/c1-28-14-19(24)22-11-8-16(9-12-22)20(25)23-10-2-3-18(13-23)15-4-6-17(7-5-15)21(26)27/h4-7,16,18H,2-3,8-14H2,1H3,(H,26,27). The van der Waals surface area contributed by atoms with Gasteiger partial charge in [0.15, 0.2) is 0 Å². The van der Waals surface area contributed by atoms with E-state index in [1.807, 2.05) is 17.0 Å². The summed E-state index contributed by atoms with van der Waals surface area (Å²) in [5, 5.41) is 9.04. The molecule has 0 aliphatic carbocycles. The van der Waals surface area contributed by atoms with Gasteiger partial charge in [0.25, 0.3) is 0 Å². The minimum Gasteiger partial charge on any atom is -0.478 e. The number of ether oxygens (including phenoxy) is 1. The van der Waals surface area contributed by atoms with Gasteiger partial charge in [-0.3, -0.25) is 9.59 Å². The first kappa shape index (κ1) is 20.3. The van der Waals surface area contributed by atoms with Gasteiger partial charge in [0.05, 0.1) is 5.56 Å². The first-order valence-electron chi connectivity index (χ1n) is 9.88. The lowest BCUT2D eigenvalue weighted by Crippen LogP contribution is -2.47. The molecule has 1 N–H and O–H groups in total. The van der Waals surface area contributed by atoms with Crippen LogP contribution in [0, 0.1) is 5.92 Å². The molecule has 2 heterocycles. The minimum atomic E-state index is -0.928. The number of methoxy groups -OCH3 is 1. The van der Waals surface area contributed by atoms with E-state index < -0.39 is 5.97 Å². The zero-order valence-corrected chi connectivity index (χ0v) is 16.3. The van der Waals surface area contributed by atoms with Crippen LogP contribution in [-0.4, -0.2) is 72.6 Å². The third kappa shape index (κ3) is 4.70. The largest absolute Gasteiger partial charge is 0.478 e. The third-order valence-electron chi connectivity index (χ3n) is 5.83. The molecule has 152 valence electrons.